The third-order valence-electron chi connectivity index (χ3n) is 5.09. The number of hydrogen-bond donors (Lipinski definition) is 1. The SMILES string of the molecule is CCSC1=C(C(=O)O)C(C)=CC(N2CCOCC2)N1Cc1ccc(F)cc1OC. The van der Waals surface area contributed by atoms with E-state index in [-0.39, 0.29) is 12.0 Å². The Morgan fingerprint density at radius 2 is 2.10 bits per heavy atom. The third-order valence-corrected chi connectivity index (χ3v) is 6.09. The molecular weight excluding hydrogens is 395 g/mol. The summed E-state index contributed by atoms with van der Waals surface area (Å²) in [5.41, 5.74) is 1.88. The molecule has 1 aromatic carbocycles. The summed E-state index contributed by atoms with van der Waals surface area (Å²) in [6.45, 7) is 7.07. The molecule has 1 atom stereocenters. The van der Waals surface area contributed by atoms with Crippen molar-refractivity contribution in [3.05, 3.63) is 51.8 Å². The molecule has 1 fully saturated rings. The Kier molecular flexibility index (Phi) is 7.21. The van der Waals surface area contributed by atoms with E-state index < -0.39 is 5.97 Å². The van der Waals surface area contributed by atoms with Crippen LogP contribution in [0.1, 0.15) is 19.4 Å². The molecule has 0 spiro atoms. The molecule has 0 amide bonds. The highest BCUT2D eigenvalue weighted by atomic mass is 32.2. The molecule has 2 aliphatic rings. The van der Waals surface area contributed by atoms with Crippen molar-refractivity contribution in [2.45, 2.75) is 26.6 Å². The van der Waals surface area contributed by atoms with Gasteiger partial charge in [0, 0.05) is 31.3 Å². The van der Waals surface area contributed by atoms with E-state index in [9.17, 15) is 14.3 Å². The highest BCUT2D eigenvalue weighted by Gasteiger charge is 2.35. The van der Waals surface area contributed by atoms with Crippen LogP contribution in [0.2, 0.25) is 0 Å². The zero-order valence-corrected chi connectivity index (χ0v) is 17.8. The van der Waals surface area contributed by atoms with Crippen molar-refractivity contribution in [3.8, 4) is 5.75 Å². The van der Waals surface area contributed by atoms with Crippen molar-refractivity contribution in [1.82, 2.24) is 9.80 Å². The number of morpholine rings is 1. The quantitative estimate of drug-likeness (QED) is 0.723. The van der Waals surface area contributed by atoms with E-state index >= 15 is 0 Å². The Labute approximate surface area is 175 Å². The van der Waals surface area contributed by atoms with Crippen molar-refractivity contribution in [1.29, 1.82) is 0 Å². The van der Waals surface area contributed by atoms with Crippen LogP contribution in [0.15, 0.2) is 40.5 Å². The van der Waals surface area contributed by atoms with E-state index in [1.165, 1.54) is 31.0 Å². The molecule has 1 aromatic rings. The average molecular weight is 423 g/mol. The maximum atomic E-state index is 13.7. The minimum absolute atomic E-state index is 0.106. The summed E-state index contributed by atoms with van der Waals surface area (Å²) >= 11 is 1.52. The zero-order valence-electron chi connectivity index (χ0n) is 17.0. The molecule has 0 aromatic heterocycles. The van der Waals surface area contributed by atoms with Crippen molar-refractivity contribution in [2.24, 2.45) is 0 Å². The second-order valence-corrected chi connectivity index (χ2v) is 8.17. The fourth-order valence-corrected chi connectivity index (χ4v) is 4.73. The number of rotatable bonds is 7. The number of carbonyl (C=O) groups is 1. The molecule has 1 N–H and O–H groups in total. The number of ether oxygens (including phenoxy) is 2. The van der Waals surface area contributed by atoms with Gasteiger partial charge in [-0.15, -0.1) is 11.8 Å². The molecule has 6 nitrogen and oxygen atoms in total. The summed E-state index contributed by atoms with van der Waals surface area (Å²) in [6, 6.07) is 4.46. The van der Waals surface area contributed by atoms with Gasteiger partial charge in [0.05, 0.1) is 30.9 Å². The van der Waals surface area contributed by atoms with Crippen molar-refractivity contribution < 1.29 is 23.8 Å². The molecule has 0 bridgehead atoms. The molecule has 2 heterocycles. The molecule has 0 radical (unpaired) electrons. The highest BCUT2D eigenvalue weighted by Crippen LogP contribution is 2.38. The van der Waals surface area contributed by atoms with Crippen LogP contribution in [-0.4, -0.2) is 66.2 Å². The Bertz CT molecular complexity index is 821. The normalized spacial score (nSPS) is 20.6. The predicted molar refractivity (Wildman–Crippen MR) is 111 cm³/mol. The number of carboxylic acids is 1. The molecular formula is C21H27FN2O4S. The molecule has 2 aliphatic heterocycles. The Hall–Kier alpha value is -2.03. The van der Waals surface area contributed by atoms with E-state index in [1.807, 2.05) is 19.9 Å². The lowest BCUT2D eigenvalue weighted by Gasteiger charge is -2.44. The van der Waals surface area contributed by atoms with Crippen LogP contribution in [0, 0.1) is 5.82 Å². The van der Waals surface area contributed by atoms with Crippen LogP contribution in [0.25, 0.3) is 0 Å². The minimum atomic E-state index is -0.939. The van der Waals surface area contributed by atoms with Gasteiger partial charge in [-0.05, 0) is 30.4 Å². The Morgan fingerprint density at radius 1 is 1.38 bits per heavy atom. The number of aliphatic carboxylic acids is 1. The van der Waals surface area contributed by atoms with Gasteiger partial charge in [0.2, 0.25) is 0 Å². The van der Waals surface area contributed by atoms with E-state index in [0.29, 0.717) is 31.1 Å². The number of carboxylic acid groups (broad SMARTS) is 1. The van der Waals surface area contributed by atoms with Crippen LogP contribution in [0.4, 0.5) is 4.39 Å². The van der Waals surface area contributed by atoms with Crippen LogP contribution in [-0.2, 0) is 16.1 Å². The van der Waals surface area contributed by atoms with E-state index in [1.54, 1.807) is 6.07 Å². The van der Waals surface area contributed by atoms with Gasteiger partial charge >= 0.3 is 5.97 Å². The Morgan fingerprint density at radius 3 is 2.72 bits per heavy atom. The topological polar surface area (TPSA) is 62.2 Å². The summed E-state index contributed by atoms with van der Waals surface area (Å²) in [5, 5.41) is 10.6. The van der Waals surface area contributed by atoms with Gasteiger partial charge in [0.25, 0.3) is 0 Å². The lowest BCUT2D eigenvalue weighted by atomic mass is 10.0. The van der Waals surface area contributed by atoms with E-state index in [0.717, 1.165) is 35.0 Å². The summed E-state index contributed by atoms with van der Waals surface area (Å²) in [4.78, 5) is 16.4. The standard InChI is InChI=1S/C21H27FN2O4S/c1-4-29-20-19(21(25)26)14(2)11-18(23-7-9-28-10-8-23)24(20)13-15-5-6-16(22)12-17(15)27-3/h5-6,11-12,18H,4,7-10,13H2,1-3H3,(H,25,26). The summed E-state index contributed by atoms with van der Waals surface area (Å²) in [6.07, 6.45) is 1.90. The molecule has 8 heteroatoms. The fraction of sp³-hybridized carbons (Fsp3) is 0.476. The lowest BCUT2D eigenvalue weighted by molar-refractivity contribution is -0.132. The first-order valence-electron chi connectivity index (χ1n) is 9.66. The smallest absolute Gasteiger partial charge is 0.338 e. The van der Waals surface area contributed by atoms with E-state index in [2.05, 4.69) is 9.80 Å². The molecule has 1 unspecified atom stereocenters. The number of hydrogen-bond acceptors (Lipinski definition) is 6. The summed E-state index contributed by atoms with van der Waals surface area (Å²) in [7, 11) is 1.51. The van der Waals surface area contributed by atoms with Gasteiger partial charge in [-0.2, -0.15) is 0 Å². The lowest BCUT2D eigenvalue weighted by Crippen LogP contribution is -2.52. The number of thioether (sulfide) groups is 1. The molecule has 29 heavy (non-hydrogen) atoms. The first-order chi connectivity index (χ1) is 14.0. The third kappa shape index (κ3) is 4.76. The van der Waals surface area contributed by atoms with E-state index in [4.69, 9.17) is 9.47 Å². The second-order valence-electron chi connectivity index (χ2n) is 6.91. The van der Waals surface area contributed by atoms with Gasteiger partial charge < -0.3 is 19.5 Å². The largest absolute Gasteiger partial charge is 0.496 e. The van der Waals surface area contributed by atoms with Crippen LogP contribution < -0.4 is 4.74 Å². The minimum Gasteiger partial charge on any atom is -0.496 e. The van der Waals surface area contributed by atoms with Crippen molar-refractivity contribution in [2.75, 3.05) is 39.2 Å². The average Bonchev–Trinajstić information content (AvgIpc) is 2.71. The molecule has 1 saturated heterocycles. The molecule has 158 valence electrons. The van der Waals surface area contributed by atoms with Gasteiger partial charge in [-0.1, -0.05) is 13.0 Å². The van der Waals surface area contributed by atoms with Gasteiger partial charge in [0.1, 0.15) is 17.7 Å². The Balaban J connectivity index is 2.06. The van der Waals surface area contributed by atoms with Crippen LogP contribution in [0.5, 0.6) is 5.75 Å². The number of methoxy groups -OCH3 is 1. The fourth-order valence-electron chi connectivity index (χ4n) is 3.72. The second kappa shape index (κ2) is 9.65. The number of benzene rings is 1. The highest BCUT2D eigenvalue weighted by molar-refractivity contribution is 8.03. The molecule has 0 saturated carbocycles. The molecule has 0 aliphatic carbocycles. The first-order valence-corrected chi connectivity index (χ1v) is 10.6. The predicted octanol–water partition coefficient (Wildman–Crippen LogP) is 3.30. The number of nitrogens with zero attached hydrogens (tertiary/aromatic N) is 2. The van der Waals surface area contributed by atoms with Crippen LogP contribution >= 0.6 is 11.8 Å². The summed E-state index contributed by atoms with van der Waals surface area (Å²) in [5.74, 6) is -0.109. The maximum Gasteiger partial charge on any atom is 0.338 e. The van der Waals surface area contributed by atoms with Crippen LogP contribution in [0.3, 0.4) is 0 Å². The van der Waals surface area contributed by atoms with Crippen molar-refractivity contribution in [3.63, 3.8) is 0 Å². The monoisotopic (exact) mass is 422 g/mol. The summed E-state index contributed by atoms with van der Waals surface area (Å²) < 4.78 is 24.6. The first kappa shape index (κ1) is 21.7. The van der Waals surface area contributed by atoms with Gasteiger partial charge in [0.15, 0.2) is 0 Å². The zero-order chi connectivity index (χ0) is 21.0. The van der Waals surface area contributed by atoms with Gasteiger partial charge in [-0.3, -0.25) is 4.90 Å². The van der Waals surface area contributed by atoms with Crippen molar-refractivity contribution >= 4 is 17.7 Å². The van der Waals surface area contributed by atoms with Gasteiger partial charge in [-0.25, -0.2) is 9.18 Å². The number of halogens is 1. The molecule has 3 rings (SSSR count). The maximum absolute atomic E-state index is 13.7.